The number of carboxylic acids is 1. The summed E-state index contributed by atoms with van der Waals surface area (Å²) in [5.74, 6) is -1.04. The number of H-pyrrole nitrogens is 1. The second-order valence-electron chi connectivity index (χ2n) is 4.21. The first-order valence-corrected chi connectivity index (χ1v) is 5.99. The van der Waals surface area contributed by atoms with E-state index in [-0.39, 0.29) is 5.69 Å². The van der Waals surface area contributed by atoms with E-state index in [9.17, 15) is 4.79 Å². The molecule has 0 aliphatic rings. The van der Waals surface area contributed by atoms with E-state index in [0.717, 1.165) is 22.2 Å². The van der Waals surface area contributed by atoms with E-state index in [2.05, 4.69) is 10.1 Å². The Labute approximate surface area is 113 Å². The third-order valence-corrected chi connectivity index (χ3v) is 3.35. The van der Waals surface area contributed by atoms with Gasteiger partial charge in [-0.05, 0) is 12.1 Å². The van der Waals surface area contributed by atoms with Crippen molar-refractivity contribution < 1.29 is 9.90 Å². The summed E-state index contributed by atoms with van der Waals surface area (Å²) in [6, 6.07) is 7.14. The molecule has 0 saturated carbocycles. The quantitative estimate of drug-likeness (QED) is 0.755. The van der Waals surface area contributed by atoms with Gasteiger partial charge in [-0.1, -0.05) is 23.7 Å². The van der Waals surface area contributed by atoms with Crippen molar-refractivity contribution in [3.05, 3.63) is 41.2 Å². The number of carboxylic acid groups (broad SMARTS) is 1. The normalized spacial score (nSPS) is 11.1. The lowest BCUT2D eigenvalue weighted by Crippen LogP contribution is -1.99. The summed E-state index contributed by atoms with van der Waals surface area (Å²) in [6.45, 7) is 0. The summed E-state index contributed by atoms with van der Waals surface area (Å²) in [7, 11) is 1.71. The van der Waals surface area contributed by atoms with E-state index in [0.29, 0.717) is 5.02 Å². The average Bonchev–Trinajstić information content (AvgIpc) is 2.93. The maximum absolute atomic E-state index is 10.9. The van der Waals surface area contributed by atoms with Crippen molar-refractivity contribution in [2.75, 3.05) is 0 Å². The second kappa shape index (κ2) is 4.13. The number of hydrogen-bond donors (Lipinski definition) is 2. The van der Waals surface area contributed by atoms with Crippen molar-refractivity contribution in [3.63, 3.8) is 0 Å². The van der Waals surface area contributed by atoms with E-state index in [1.165, 1.54) is 0 Å². The molecule has 6 heteroatoms. The molecule has 3 aromatic rings. The Morgan fingerprint density at radius 2 is 2.26 bits per heavy atom. The van der Waals surface area contributed by atoms with Crippen LogP contribution in [0.15, 0.2) is 30.5 Å². The van der Waals surface area contributed by atoms with Crippen LogP contribution in [0.1, 0.15) is 10.5 Å². The standard InChI is InChI=1S/C13H10ClN3O2/c1-17-11(5-10(16-17)13(18)19)8-6-15-12-7(8)3-2-4-9(12)14/h2-6,15H,1H3,(H,18,19). The predicted octanol–water partition coefficient (Wildman–Crippen LogP) is 2.92. The predicted molar refractivity (Wildman–Crippen MR) is 72.5 cm³/mol. The number of nitrogens with zero attached hydrogens (tertiary/aromatic N) is 2. The number of aromatic carboxylic acids is 1. The smallest absolute Gasteiger partial charge is 0.356 e. The maximum Gasteiger partial charge on any atom is 0.356 e. The topological polar surface area (TPSA) is 70.9 Å². The second-order valence-corrected chi connectivity index (χ2v) is 4.62. The van der Waals surface area contributed by atoms with Crippen LogP contribution in [0.5, 0.6) is 0 Å². The fraction of sp³-hybridized carbons (Fsp3) is 0.0769. The monoisotopic (exact) mass is 275 g/mol. The highest BCUT2D eigenvalue weighted by molar-refractivity contribution is 6.35. The number of hydrogen-bond acceptors (Lipinski definition) is 2. The molecule has 0 radical (unpaired) electrons. The molecule has 3 rings (SSSR count). The zero-order chi connectivity index (χ0) is 13.6. The highest BCUT2D eigenvalue weighted by Crippen LogP contribution is 2.32. The first-order chi connectivity index (χ1) is 9.08. The first kappa shape index (κ1) is 11.8. The minimum atomic E-state index is -1.04. The number of nitrogens with one attached hydrogen (secondary N) is 1. The van der Waals surface area contributed by atoms with Gasteiger partial charge in [0.15, 0.2) is 5.69 Å². The summed E-state index contributed by atoms with van der Waals surface area (Å²) >= 11 is 6.11. The Kier molecular flexibility index (Phi) is 2.57. The average molecular weight is 276 g/mol. The van der Waals surface area contributed by atoms with Crippen LogP contribution in [-0.2, 0) is 7.05 Å². The summed E-state index contributed by atoms with van der Waals surface area (Å²) in [4.78, 5) is 14.0. The molecule has 96 valence electrons. The summed E-state index contributed by atoms with van der Waals surface area (Å²) < 4.78 is 1.55. The van der Waals surface area contributed by atoms with E-state index < -0.39 is 5.97 Å². The van der Waals surface area contributed by atoms with Crippen molar-refractivity contribution in [1.82, 2.24) is 14.8 Å². The molecule has 0 spiro atoms. The van der Waals surface area contributed by atoms with Crippen molar-refractivity contribution in [2.45, 2.75) is 0 Å². The van der Waals surface area contributed by atoms with Crippen LogP contribution < -0.4 is 0 Å². The number of benzene rings is 1. The number of aromatic amines is 1. The van der Waals surface area contributed by atoms with Gasteiger partial charge in [0.25, 0.3) is 0 Å². The minimum absolute atomic E-state index is 0.0221. The molecule has 5 nitrogen and oxygen atoms in total. The van der Waals surface area contributed by atoms with Gasteiger partial charge < -0.3 is 10.1 Å². The Morgan fingerprint density at radius 1 is 1.47 bits per heavy atom. The molecule has 0 fully saturated rings. The van der Waals surface area contributed by atoms with Crippen LogP contribution in [0.4, 0.5) is 0 Å². The molecule has 0 unspecified atom stereocenters. The zero-order valence-electron chi connectivity index (χ0n) is 10.0. The molecule has 0 amide bonds. The zero-order valence-corrected chi connectivity index (χ0v) is 10.8. The molecule has 0 saturated heterocycles. The highest BCUT2D eigenvalue weighted by Gasteiger charge is 2.16. The van der Waals surface area contributed by atoms with Gasteiger partial charge in [-0.15, -0.1) is 0 Å². The number of carbonyl (C=O) groups is 1. The van der Waals surface area contributed by atoms with E-state index >= 15 is 0 Å². The molecule has 2 aromatic heterocycles. The lowest BCUT2D eigenvalue weighted by Gasteiger charge is -2.00. The summed E-state index contributed by atoms with van der Waals surface area (Å²) in [6.07, 6.45) is 1.80. The molecule has 0 atom stereocenters. The van der Waals surface area contributed by atoms with Gasteiger partial charge in [-0.25, -0.2) is 4.79 Å². The maximum atomic E-state index is 10.9. The van der Waals surface area contributed by atoms with Crippen molar-refractivity contribution in [1.29, 1.82) is 0 Å². The van der Waals surface area contributed by atoms with Crippen LogP contribution in [-0.4, -0.2) is 25.8 Å². The van der Waals surface area contributed by atoms with Crippen LogP contribution in [0.25, 0.3) is 22.2 Å². The van der Waals surface area contributed by atoms with Crippen molar-refractivity contribution >= 4 is 28.5 Å². The molecule has 0 aliphatic heterocycles. The SMILES string of the molecule is Cn1nc(C(=O)O)cc1-c1c[nH]c2c(Cl)cccc12. The Bertz CT molecular complexity index is 788. The summed E-state index contributed by atoms with van der Waals surface area (Å²) in [5, 5.41) is 14.5. The minimum Gasteiger partial charge on any atom is -0.476 e. The number of rotatable bonds is 2. The fourth-order valence-electron chi connectivity index (χ4n) is 2.15. The Hall–Kier alpha value is -2.27. The molecule has 19 heavy (non-hydrogen) atoms. The van der Waals surface area contributed by atoms with Gasteiger partial charge >= 0.3 is 5.97 Å². The molecular weight excluding hydrogens is 266 g/mol. The number of aromatic nitrogens is 3. The number of aryl methyl sites for hydroxylation is 1. The van der Waals surface area contributed by atoms with Gasteiger partial charge in [0.1, 0.15) is 0 Å². The molecular formula is C13H10ClN3O2. The van der Waals surface area contributed by atoms with E-state index in [1.54, 1.807) is 30.1 Å². The van der Waals surface area contributed by atoms with E-state index in [1.807, 2.05) is 12.1 Å². The van der Waals surface area contributed by atoms with Crippen LogP contribution in [0.2, 0.25) is 5.02 Å². The Balaban J connectivity index is 2.25. The number of para-hydroxylation sites is 1. The highest BCUT2D eigenvalue weighted by atomic mass is 35.5. The van der Waals surface area contributed by atoms with Crippen LogP contribution >= 0.6 is 11.6 Å². The molecule has 2 N–H and O–H groups in total. The van der Waals surface area contributed by atoms with Gasteiger partial charge in [0.2, 0.25) is 0 Å². The lowest BCUT2D eigenvalue weighted by atomic mass is 10.1. The lowest BCUT2D eigenvalue weighted by molar-refractivity contribution is 0.0689. The largest absolute Gasteiger partial charge is 0.476 e. The molecule has 1 aromatic carbocycles. The van der Waals surface area contributed by atoms with Gasteiger partial charge in [-0.2, -0.15) is 5.10 Å². The van der Waals surface area contributed by atoms with Crippen LogP contribution in [0, 0.1) is 0 Å². The third kappa shape index (κ3) is 1.79. The van der Waals surface area contributed by atoms with Gasteiger partial charge in [0, 0.05) is 24.2 Å². The van der Waals surface area contributed by atoms with Crippen molar-refractivity contribution in [3.8, 4) is 11.3 Å². The van der Waals surface area contributed by atoms with Crippen LogP contribution in [0.3, 0.4) is 0 Å². The van der Waals surface area contributed by atoms with Gasteiger partial charge in [-0.3, -0.25) is 4.68 Å². The fourth-order valence-corrected chi connectivity index (χ4v) is 2.38. The number of halogens is 1. The molecule has 0 aliphatic carbocycles. The molecule has 0 bridgehead atoms. The molecule has 2 heterocycles. The van der Waals surface area contributed by atoms with Gasteiger partial charge in [0.05, 0.1) is 16.2 Å². The Morgan fingerprint density at radius 3 is 2.95 bits per heavy atom. The van der Waals surface area contributed by atoms with E-state index in [4.69, 9.17) is 16.7 Å². The summed E-state index contributed by atoms with van der Waals surface area (Å²) in [5.41, 5.74) is 2.46. The number of fused-ring (bicyclic) bond motifs is 1. The third-order valence-electron chi connectivity index (χ3n) is 3.04. The first-order valence-electron chi connectivity index (χ1n) is 5.61. The van der Waals surface area contributed by atoms with Crippen molar-refractivity contribution in [2.24, 2.45) is 7.05 Å².